The monoisotopic (exact) mass is 313 g/mol. The van der Waals surface area contributed by atoms with Gasteiger partial charge in [0.2, 0.25) is 0 Å². The van der Waals surface area contributed by atoms with Crippen molar-refractivity contribution in [3.63, 3.8) is 0 Å². The van der Waals surface area contributed by atoms with E-state index in [0.29, 0.717) is 26.1 Å². The van der Waals surface area contributed by atoms with Gasteiger partial charge >= 0.3 is 0 Å². The molecular weight excluding hydrogens is 290 g/mol. The second-order valence-corrected chi connectivity index (χ2v) is 7.45. The van der Waals surface area contributed by atoms with Crippen molar-refractivity contribution in [2.24, 2.45) is 0 Å². The number of pyridine rings is 1. The third kappa shape index (κ3) is 4.94. The number of nitrogens with one attached hydrogen (secondary N) is 1. The van der Waals surface area contributed by atoms with Gasteiger partial charge in [-0.15, -0.1) is 0 Å². The quantitative estimate of drug-likeness (QED) is 0.769. The minimum absolute atomic E-state index is 0.208. The number of nitrogens with zero attached hydrogens (tertiary/aromatic N) is 2. The van der Waals surface area contributed by atoms with E-state index >= 15 is 0 Å². The van der Waals surface area contributed by atoms with Crippen LogP contribution in [0.1, 0.15) is 12.0 Å². The molecule has 0 aliphatic carbocycles. The van der Waals surface area contributed by atoms with Crippen molar-refractivity contribution < 1.29 is 13.2 Å². The molecule has 1 N–H and O–H groups in total. The Bertz CT molecular complexity index is 548. The lowest BCUT2D eigenvalue weighted by Gasteiger charge is -2.23. The average Bonchev–Trinajstić information content (AvgIpc) is 2.65. The number of ether oxygens (including phenoxy) is 1. The number of hydrogen-bond acceptors (Lipinski definition) is 6. The van der Waals surface area contributed by atoms with E-state index in [1.165, 1.54) is 0 Å². The van der Waals surface area contributed by atoms with Crippen LogP contribution < -0.4 is 10.2 Å². The van der Waals surface area contributed by atoms with Crippen LogP contribution in [0.4, 0.5) is 5.82 Å². The maximum absolute atomic E-state index is 11.7. The lowest BCUT2D eigenvalue weighted by atomic mass is 10.2. The number of methoxy groups -OCH3 is 1. The van der Waals surface area contributed by atoms with E-state index in [1.807, 2.05) is 12.1 Å². The van der Waals surface area contributed by atoms with Gasteiger partial charge in [0.1, 0.15) is 5.82 Å². The standard InChI is InChI=1S/C14H23N3O3S/c1-20-9-6-15-12-13-4-2-5-16-14(13)17-7-3-10-21(18,19)11-8-17/h2,4-5,15H,3,6-12H2,1H3. The summed E-state index contributed by atoms with van der Waals surface area (Å²) in [5.74, 6) is 1.37. The Morgan fingerprint density at radius 3 is 3.05 bits per heavy atom. The maximum Gasteiger partial charge on any atom is 0.152 e. The molecule has 0 aromatic carbocycles. The van der Waals surface area contributed by atoms with Crippen molar-refractivity contribution in [3.05, 3.63) is 23.9 Å². The minimum atomic E-state index is -2.90. The Hall–Kier alpha value is -1.18. The van der Waals surface area contributed by atoms with E-state index in [1.54, 1.807) is 13.3 Å². The first-order valence-electron chi connectivity index (χ1n) is 7.21. The predicted molar refractivity (Wildman–Crippen MR) is 83.3 cm³/mol. The van der Waals surface area contributed by atoms with E-state index in [4.69, 9.17) is 4.74 Å². The van der Waals surface area contributed by atoms with Crippen LogP contribution in [0.15, 0.2) is 18.3 Å². The summed E-state index contributed by atoms with van der Waals surface area (Å²) >= 11 is 0. The molecule has 0 atom stereocenters. The van der Waals surface area contributed by atoms with Gasteiger partial charge in [0.15, 0.2) is 9.84 Å². The SMILES string of the molecule is COCCNCc1cccnc1N1CCCS(=O)(=O)CC1. The summed E-state index contributed by atoms with van der Waals surface area (Å²) in [5.41, 5.74) is 1.09. The van der Waals surface area contributed by atoms with Crippen LogP contribution in [0.25, 0.3) is 0 Å². The highest BCUT2D eigenvalue weighted by molar-refractivity contribution is 7.91. The smallest absolute Gasteiger partial charge is 0.152 e. The molecule has 0 bridgehead atoms. The molecule has 1 aromatic rings. The van der Waals surface area contributed by atoms with Gasteiger partial charge in [0, 0.05) is 45.0 Å². The average molecular weight is 313 g/mol. The molecule has 21 heavy (non-hydrogen) atoms. The van der Waals surface area contributed by atoms with Gasteiger partial charge in [-0.05, 0) is 12.5 Å². The molecule has 1 aromatic heterocycles. The second kappa shape index (κ2) is 7.72. The second-order valence-electron chi connectivity index (χ2n) is 5.15. The molecule has 1 fully saturated rings. The van der Waals surface area contributed by atoms with Gasteiger partial charge in [-0.3, -0.25) is 0 Å². The molecule has 0 saturated carbocycles. The fourth-order valence-electron chi connectivity index (χ4n) is 2.40. The molecule has 6 nitrogen and oxygen atoms in total. The molecule has 2 rings (SSSR count). The van der Waals surface area contributed by atoms with Crippen LogP contribution in [-0.2, 0) is 21.1 Å². The number of rotatable bonds is 6. The van der Waals surface area contributed by atoms with Crippen molar-refractivity contribution in [2.45, 2.75) is 13.0 Å². The largest absolute Gasteiger partial charge is 0.383 e. The van der Waals surface area contributed by atoms with Gasteiger partial charge in [0.25, 0.3) is 0 Å². The first kappa shape index (κ1) is 16.2. The molecule has 0 unspecified atom stereocenters. The highest BCUT2D eigenvalue weighted by Crippen LogP contribution is 2.19. The molecule has 7 heteroatoms. The summed E-state index contributed by atoms with van der Waals surface area (Å²) in [6.07, 6.45) is 2.42. The number of sulfone groups is 1. The third-order valence-electron chi connectivity index (χ3n) is 3.52. The van der Waals surface area contributed by atoms with Crippen molar-refractivity contribution in [1.29, 1.82) is 0 Å². The Kier molecular flexibility index (Phi) is 5.96. The predicted octanol–water partition coefficient (Wildman–Crippen LogP) is 0.443. The summed E-state index contributed by atoms with van der Waals surface area (Å²) in [7, 11) is -1.22. The molecule has 0 amide bonds. The summed E-state index contributed by atoms with van der Waals surface area (Å²) in [6, 6.07) is 3.94. The van der Waals surface area contributed by atoms with E-state index in [2.05, 4.69) is 15.2 Å². The Morgan fingerprint density at radius 1 is 1.38 bits per heavy atom. The van der Waals surface area contributed by atoms with Gasteiger partial charge in [-0.25, -0.2) is 13.4 Å². The van der Waals surface area contributed by atoms with E-state index in [0.717, 1.165) is 24.5 Å². The first-order chi connectivity index (χ1) is 10.1. The summed E-state index contributed by atoms with van der Waals surface area (Å²) < 4.78 is 28.4. The van der Waals surface area contributed by atoms with Crippen LogP contribution in [0.3, 0.4) is 0 Å². The number of hydrogen-bond donors (Lipinski definition) is 1. The highest BCUT2D eigenvalue weighted by Gasteiger charge is 2.21. The molecule has 2 heterocycles. The molecule has 118 valence electrons. The Balaban J connectivity index is 2.04. The minimum Gasteiger partial charge on any atom is -0.383 e. The number of anilines is 1. The zero-order valence-electron chi connectivity index (χ0n) is 12.4. The van der Waals surface area contributed by atoms with Gasteiger partial charge in [-0.1, -0.05) is 6.07 Å². The molecular formula is C14H23N3O3S. The van der Waals surface area contributed by atoms with Crippen LogP contribution in [0.2, 0.25) is 0 Å². The molecule has 0 radical (unpaired) electrons. The molecule has 0 spiro atoms. The Labute approximate surface area is 126 Å². The maximum atomic E-state index is 11.7. The van der Waals surface area contributed by atoms with Crippen LogP contribution in [0.5, 0.6) is 0 Å². The summed E-state index contributed by atoms with van der Waals surface area (Å²) in [5, 5.41) is 3.30. The van der Waals surface area contributed by atoms with Crippen molar-refractivity contribution in [2.75, 3.05) is 49.8 Å². The molecule has 1 aliphatic heterocycles. The normalized spacial score (nSPS) is 18.4. The Morgan fingerprint density at radius 2 is 2.24 bits per heavy atom. The van der Waals surface area contributed by atoms with Crippen LogP contribution >= 0.6 is 0 Å². The van der Waals surface area contributed by atoms with Crippen molar-refractivity contribution in [3.8, 4) is 0 Å². The van der Waals surface area contributed by atoms with E-state index in [9.17, 15) is 8.42 Å². The van der Waals surface area contributed by atoms with E-state index in [-0.39, 0.29) is 11.5 Å². The van der Waals surface area contributed by atoms with Crippen molar-refractivity contribution in [1.82, 2.24) is 10.3 Å². The van der Waals surface area contributed by atoms with Crippen LogP contribution in [-0.4, -0.2) is 58.3 Å². The van der Waals surface area contributed by atoms with E-state index < -0.39 is 9.84 Å². The molecule has 1 aliphatic rings. The fraction of sp³-hybridized carbons (Fsp3) is 0.643. The lowest BCUT2D eigenvalue weighted by molar-refractivity contribution is 0.199. The summed E-state index contributed by atoms with van der Waals surface area (Å²) in [4.78, 5) is 6.53. The fourth-order valence-corrected chi connectivity index (χ4v) is 3.67. The lowest BCUT2D eigenvalue weighted by Crippen LogP contribution is -2.29. The highest BCUT2D eigenvalue weighted by atomic mass is 32.2. The topological polar surface area (TPSA) is 71.5 Å². The van der Waals surface area contributed by atoms with Crippen LogP contribution in [0, 0.1) is 0 Å². The van der Waals surface area contributed by atoms with Gasteiger partial charge in [-0.2, -0.15) is 0 Å². The first-order valence-corrected chi connectivity index (χ1v) is 9.03. The van der Waals surface area contributed by atoms with Crippen molar-refractivity contribution >= 4 is 15.7 Å². The third-order valence-corrected chi connectivity index (χ3v) is 5.24. The zero-order valence-corrected chi connectivity index (χ0v) is 13.2. The zero-order chi connectivity index (χ0) is 15.1. The summed E-state index contributed by atoms with van der Waals surface area (Å²) in [6.45, 7) is 3.40. The number of aromatic nitrogens is 1. The van der Waals surface area contributed by atoms with Gasteiger partial charge < -0.3 is 15.0 Å². The van der Waals surface area contributed by atoms with Gasteiger partial charge in [0.05, 0.1) is 18.1 Å². The molecule has 1 saturated heterocycles.